The first-order valence-corrected chi connectivity index (χ1v) is 6.86. The number of esters is 1. The molecule has 1 N–H and O–H groups in total. The molecule has 108 valence electrons. The largest absolute Gasteiger partial charge is 0.465 e. The SMILES string of the molecule is O=C(COC(=O)C=Cc1ccco1)Nc1cccc(Br)c1. The zero-order valence-corrected chi connectivity index (χ0v) is 12.5. The fourth-order valence-corrected chi connectivity index (χ4v) is 1.88. The van der Waals surface area contributed by atoms with Crippen molar-refractivity contribution >= 4 is 39.6 Å². The molecule has 1 aromatic carbocycles. The Morgan fingerprint density at radius 2 is 2.14 bits per heavy atom. The van der Waals surface area contributed by atoms with Crippen LogP contribution in [0, 0.1) is 0 Å². The molecule has 2 rings (SSSR count). The Morgan fingerprint density at radius 1 is 1.29 bits per heavy atom. The first-order valence-electron chi connectivity index (χ1n) is 6.07. The smallest absolute Gasteiger partial charge is 0.331 e. The monoisotopic (exact) mass is 349 g/mol. The zero-order valence-electron chi connectivity index (χ0n) is 10.9. The highest BCUT2D eigenvalue weighted by molar-refractivity contribution is 9.10. The Labute approximate surface area is 129 Å². The maximum absolute atomic E-state index is 11.6. The van der Waals surface area contributed by atoms with E-state index in [0.29, 0.717) is 11.4 Å². The molecule has 1 heterocycles. The number of ether oxygens (including phenoxy) is 1. The van der Waals surface area contributed by atoms with E-state index in [1.54, 1.807) is 30.3 Å². The topological polar surface area (TPSA) is 68.5 Å². The molecule has 0 radical (unpaired) electrons. The van der Waals surface area contributed by atoms with E-state index in [4.69, 9.17) is 9.15 Å². The number of halogens is 1. The van der Waals surface area contributed by atoms with E-state index in [1.165, 1.54) is 18.4 Å². The number of benzene rings is 1. The third-order valence-corrected chi connectivity index (χ3v) is 2.87. The minimum atomic E-state index is -0.615. The molecule has 1 aromatic heterocycles. The zero-order chi connectivity index (χ0) is 15.1. The van der Waals surface area contributed by atoms with Gasteiger partial charge < -0.3 is 14.5 Å². The fourth-order valence-electron chi connectivity index (χ4n) is 1.48. The number of amides is 1. The summed E-state index contributed by atoms with van der Waals surface area (Å²) in [4.78, 5) is 23.0. The van der Waals surface area contributed by atoms with Crippen molar-refractivity contribution in [2.45, 2.75) is 0 Å². The molecule has 1 amide bonds. The van der Waals surface area contributed by atoms with Crippen LogP contribution in [0.4, 0.5) is 5.69 Å². The van der Waals surface area contributed by atoms with Crippen molar-refractivity contribution in [2.75, 3.05) is 11.9 Å². The molecule has 0 saturated carbocycles. The number of carbonyl (C=O) groups excluding carboxylic acids is 2. The minimum Gasteiger partial charge on any atom is -0.465 e. The van der Waals surface area contributed by atoms with Crippen LogP contribution in [0.15, 0.2) is 57.6 Å². The average Bonchev–Trinajstić information content (AvgIpc) is 2.96. The highest BCUT2D eigenvalue weighted by atomic mass is 79.9. The van der Waals surface area contributed by atoms with Crippen molar-refractivity contribution in [3.8, 4) is 0 Å². The number of hydrogen-bond acceptors (Lipinski definition) is 4. The van der Waals surface area contributed by atoms with Gasteiger partial charge in [-0.3, -0.25) is 4.79 Å². The summed E-state index contributed by atoms with van der Waals surface area (Å²) < 4.78 is 10.7. The van der Waals surface area contributed by atoms with Gasteiger partial charge in [0, 0.05) is 16.2 Å². The number of carbonyl (C=O) groups is 2. The molecule has 0 bridgehead atoms. The van der Waals surface area contributed by atoms with Gasteiger partial charge in [0.1, 0.15) is 5.76 Å². The standard InChI is InChI=1S/C15H12BrNO4/c16-11-3-1-4-12(9-11)17-14(18)10-21-15(19)7-6-13-5-2-8-20-13/h1-9H,10H2,(H,17,18). The molecule has 6 heteroatoms. The quantitative estimate of drug-likeness (QED) is 0.664. The lowest BCUT2D eigenvalue weighted by molar-refractivity contribution is -0.142. The van der Waals surface area contributed by atoms with Gasteiger partial charge in [-0.2, -0.15) is 0 Å². The molecule has 0 unspecified atom stereocenters. The number of anilines is 1. The second-order valence-corrected chi connectivity index (χ2v) is 4.93. The van der Waals surface area contributed by atoms with E-state index in [2.05, 4.69) is 21.2 Å². The lowest BCUT2D eigenvalue weighted by Gasteiger charge is -2.05. The van der Waals surface area contributed by atoms with Gasteiger partial charge in [-0.05, 0) is 36.4 Å². The highest BCUT2D eigenvalue weighted by Crippen LogP contribution is 2.15. The highest BCUT2D eigenvalue weighted by Gasteiger charge is 2.06. The Kier molecular flexibility index (Phi) is 5.34. The van der Waals surface area contributed by atoms with Crippen molar-refractivity contribution < 1.29 is 18.7 Å². The summed E-state index contributed by atoms with van der Waals surface area (Å²) in [5.41, 5.74) is 0.622. The van der Waals surface area contributed by atoms with Crippen molar-refractivity contribution in [1.29, 1.82) is 0 Å². The summed E-state index contributed by atoms with van der Waals surface area (Å²) in [7, 11) is 0. The molecule has 21 heavy (non-hydrogen) atoms. The van der Waals surface area contributed by atoms with Crippen molar-refractivity contribution in [3.05, 3.63) is 59.0 Å². The van der Waals surface area contributed by atoms with Gasteiger partial charge in [0.2, 0.25) is 0 Å². The van der Waals surface area contributed by atoms with E-state index >= 15 is 0 Å². The van der Waals surface area contributed by atoms with E-state index < -0.39 is 11.9 Å². The van der Waals surface area contributed by atoms with Gasteiger partial charge in [0.15, 0.2) is 6.61 Å². The average molecular weight is 350 g/mol. The summed E-state index contributed by atoms with van der Waals surface area (Å²) in [6.07, 6.45) is 4.16. The third-order valence-electron chi connectivity index (χ3n) is 2.38. The van der Waals surface area contributed by atoms with E-state index in [-0.39, 0.29) is 6.61 Å². The lowest BCUT2D eigenvalue weighted by Crippen LogP contribution is -2.20. The summed E-state index contributed by atoms with van der Waals surface area (Å²) in [5.74, 6) is -0.492. The van der Waals surface area contributed by atoms with Crippen molar-refractivity contribution in [2.24, 2.45) is 0 Å². The second-order valence-electron chi connectivity index (χ2n) is 4.01. The molecule has 0 saturated heterocycles. The molecule has 0 fully saturated rings. The normalized spacial score (nSPS) is 10.5. The van der Waals surface area contributed by atoms with Crippen LogP contribution < -0.4 is 5.32 Å². The Morgan fingerprint density at radius 3 is 2.86 bits per heavy atom. The van der Waals surface area contributed by atoms with Gasteiger partial charge in [-0.25, -0.2) is 4.79 Å². The Hall–Kier alpha value is -2.34. The number of hydrogen-bond donors (Lipinski definition) is 1. The fraction of sp³-hybridized carbons (Fsp3) is 0.0667. The second kappa shape index (κ2) is 7.44. The van der Waals surface area contributed by atoms with Crippen LogP contribution in [0.1, 0.15) is 5.76 Å². The number of rotatable bonds is 5. The van der Waals surface area contributed by atoms with Crippen molar-refractivity contribution in [3.63, 3.8) is 0 Å². The van der Waals surface area contributed by atoms with Gasteiger partial charge in [0.05, 0.1) is 6.26 Å². The third kappa shape index (κ3) is 5.27. The maximum Gasteiger partial charge on any atom is 0.331 e. The summed E-state index contributed by atoms with van der Waals surface area (Å²) >= 11 is 3.30. The van der Waals surface area contributed by atoms with E-state index in [0.717, 1.165) is 4.47 Å². The number of furan rings is 1. The molecular formula is C15H12BrNO4. The molecule has 0 aliphatic rings. The molecule has 0 aliphatic heterocycles. The maximum atomic E-state index is 11.6. The molecular weight excluding hydrogens is 338 g/mol. The lowest BCUT2D eigenvalue weighted by atomic mass is 10.3. The predicted molar refractivity (Wildman–Crippen MR) is 81.5 cm³/mol. The van der Waals surface area contributed by atoms with Crippen LogP contribution in [-0.2, 0) is 14.3 Å². The van der Waals surface area contributed by atoms with Crippen LogP contribution in [0.2, 0.25) is 0 Å². The van der Waals surface area contributed by atoms with E-state index in [1.807, 2.05) is 6.07 Å². The summed E-state index contributed by atoms with van der Waals surface area (Å²) in [6.45, 7) is -0.353. The van der Waals surface area contributed by atoms with Gasteiger partial charge in [-0.15, -0.1) is 0 Å². The van der Waals surface area contributed by atoms with Crippen LogP contribution in [0.25, 0.3) is 6.08 Å². The Bertz CT molecular complexity index is 649. The first-order chi connectivity index (χ1) is 10.1. The van der Waals surface area contributed by atoms with Crippen LogP contribution in [-0.4, -0.2) is 18.5 Å². The van der Waals surface area contributed by atoms with Gasteiger partial charge in [0.25, 0.3) is 5.91 Å². The van der Waals surface area contributed by atoms with Gasteiger partial charge >= 0.3 is 5.97 Å². The van der Waals surface area contributed by atoms with Gasteiger partial charge in [-0.1, -0.05) is 22.0 Å². The molecule has 0 spiro atoms. The molecule has 2 aromatic rings. The van der Waals surface area contributed by atoms with Crippen LogP contribution in [0.5, 0.6) is 0 Å². The molecule has 0 atom stereocenters. The van der Waals surface area contributed by atoms with Crippen molar-refractivity contribution in [1.82, 2.24) is 0 Å². The van der Waals surface area contributed by atoms with E-state index in [9.17, 15) is 9.59 Å². The summed E-state index contributed by atoms with van der Waals surface area (Å²) in [6, 6.07) is 10.5. The Balaban J connectivity index is 1.77. The molecule has 0 aliphatic carbocycles. The number of nitrogens with one attached hydrogen (secondary N) is 1. The molecule has 5 nitrogen and oxygen atoms in total. The predicted octanol–water partition coefficient (Wildman–Crippen LogP) is 3.24. The minimum absolute atomic E-state index is 0.353. The first kappa shape index (κ1) is 15.1. The van der Waals surface area contributed by atoms with Crippen LogP contribution in [0.3, 0.4) is 0 Å². The van der Waals surface area contributed by atoms with Crippen LogP contribution >= 0.6 is 15.9 Å². The summed E-state index contributed by atoms with van der Waals surface area (Å²) in [5, 5.41) is 2.62.